The summed E-state index contributed by atoms with van der Waals surface area (Å²) in [6, 6.07) is 4.24. The number of carbonyl (C=O) groups excluding carboxylic acids is 1. The average molecular weight is 341 g/mol. The minimum absolute atomic E-state index is 0.124. The molecule has 4 rings (SSSR count). The molecule has 25 heavy (non-hydrogen) atoms. The topological polar surface area (TPSA) is 88.8 Å². The third kappa shape index (κ3) is 3.62. The lowest BCUT2D eigenvalue weighted by atomic mass is 9.95. The van der Waals surface area contributed by atoms with E-state index in [1.165, 1.54) is 19.2 Å². The van der Waals surface area contributed by atoms with Crippen LogP contribution in [0.2, 0.25) is 0 Å². The Morgan fingerprint density at radius 2 is 1.76 bits per heavy atom. The molecular formula is C17H23N7O. The highest BCUT2D eigenvalue weighted by molar-refractivity contribution is 5.79. The van der Waals surface area contributed by atoms with Gasteiger partial charge in [-0.2, -0.15) is 5.10 Å². The highest BCUT2D eigenvalue weighted by Crippen LogP contribution is 2.23. The van der Waals surface area contributed by atoms with Crippen LogP contribution in [0.5, 0.6) is 0 Å². The molecule has 0 unspecified atom stereocenters. The first-order valence-electron chi connectivity index (χ1n) is 9.03. The number of aromatic nitrogens is 5. The van der Waals surface area contributed by atoms with Gasteiger partial charge in [0.25, 0.3) is 0 Å². The van der Waals surface area contributed by atoms with E-state index in [0.29, 0.717) is 11.9 Å². The van der Waals surface area contributed by atoms with Crippen molar-refractivity contribution >= 4 is 11.7 Å². The van der Waals surface area contributed by atoms with Gasteiger partial charge in [-0.15, -0.1) is 10.2 Å². The highest BCUT2D eigenvalue weighted by Gasteiger charge is 2.28. The van der Waals surface area contributed by atoms with Crippen LogP contribution in [0.15, 0.2) is 24.8 Å². The van der Waals surface area contributed by atoms with Gasteiger partial charge in [0.1, 0.15) is 12.7 Å². The van der Waals surface area contributed by atoms with Crippen LogP contribution in [0.4, 0.5) is 5.82 Å². The molecule has 1 aliphatic heterocycles. The molecule has 2 aromatic heterocycles. The van der Waals surface area contributed by atoms with Gasteiger partial charge in [0, 0.05) is 25.0 Å². The average Bonchev–Trinajstić information content (AvgIpc) is 3.36. The summed E-state index contributed by atoms with van der Waals surface area (Å²) >= 11 is 0. The fourth-order valence-electron chi connectivity index (χ4n) is 3.70. The van der Waals surface area contributed by atoms with Gasteiger partial charge < -0.3 is 10.2 Å². The van der Waals surface area contributed by atoms with E-state index in [1.807, 2.05) is 12.1 Å². The second-order valence-electron chi connectivity index (χ2n) is 6.84. The maximum absolute atomic E-state index is 12.4. The van der Waals surface area contributed by atoms with Crippen molar-refractivity contribution in [1.82, 2.24) is 30.3 Å². The first-order chi connectivity index (χ1) is 12.3. The SMILES string of the molecule is O=C(NC1CCCC1)C1CCN(c2ccc(-n3cncn3)nn2)CC1. The van der Waals surface area contributed by atoms with Gasteiger partial charge >= 0.3 is 0 Å². The second-order valence-corrected chi connectivity index (χ2v) is 6.84. The van der Waals surface area contributed by atoms with Crippen molar-refractivity contribution in [2.75, 3.05) is 18.0 Å². The van der Waals surface area contributed by atoms with Gasteiger partial charge in [-0.05, 0) is 37.8 Å². The van der Waals surface area contributed by atoms with Crippen molar-refractivity contribution in [2.45, 2.75) is 44.6 Å². The normalized spacial score (nSPS) is 19.3. The highest BCUT2D eigenvalue weighted by atomic mass is 16.1. The molecule has 0 radical (unpaired) electrons. The number of nitrogens with one attached hydrogen (secondary N) is 1. The number of anilines is 1. The van der Waals surface area contributed by atoms with Crippen molar-refractivity contribution in [2.24, 2.45) is 5.92 Å². The van der Waals surface area contributed by atoms with Crippen LogP contribution in [0, 0.1) is 5.92 Å². The number of rotatable bonds is 4. The lowest BCUT2D eigenvalue weighted by molar-refractivity contribution is -0.126. The summed E-state index contributed by atoms with van der Waals surface area (Å²) in [6.07, 6.45) is 9.56. The largest absolute Gasteiger partial charge is 0.355 e. The summed E-state index contributed by atoms with van der Waals surface area (Å²) in [5, 5.41) is 15.8. The molecule has 132 valence electrons. The Morgan fingerprint density at radius 1 is 1.04 bits per heavy atom. The van der Waals surface area contributed by atoms with Crippen LogP contribution in [-0.2, 0) is 4.79 Å². The van der Waals surface area contributed by atoms with Crippen molar-refractivity contribution < 1.29 is 4.79 Å². The van der Waals surface area contributed by atoms with Gasteiger partial charge in [-0.25, -0.2) is 9.67 Å². The molecule has 8 nitrogen and oxygen atoms in total. The first-order valence-corrected chi connectivity index (χ1v) is 9.03. The van der Waals surface area contributed by atoms with E-state index >= 15 is 0 Å². The van der Waals surface area contributed by atoms with Crippen molar-refractivity contribution in [1.29, 1.82) is 0 Å². The summed E-state index contributed by atoms with van der Waals surface area (Å²) in [5.41, 5.74) is 0. The number of carbonyl (C=O) groups is 1. The summed E-state index contributed by atoms with van der Waals surface area (Å²) in [5.74, 6) is 1.85. The Kier molecular flexibility index (Phi) is 4.58. The molecule has 1 saturated carbocycles. The molecule has 2 aliphatic rings. The summed E-state index contributed by atoms with van der Waals surface area (Å²) in [4.78, 5) is 18.5. The van der Waals surface area contributed by atoms with E-state index in [0.717, 1.165) is 44.6 Å². The molecule has 1 N–H and O–H groups in total. The third-order valence-corrected chi connectivity index (χ3v) is 5.18. The lowest BCUT2D eigenvalue weighted by Crippen LogP contribution is -2.43. The van der Waals surface area contributed by atoms with Crippen LogP contribution in [0.3, 0.4) is 0 Å². The van der Waals surface area contributed by atoms with Gasteiger partial charge in [-0.1, -0.05) is 12.8 Å². The van der Waals surface area contributed by atoms with Crippen molar-refractivity contribution in [3.8, 4) is 5.82 Å². The fraction of sp³-hybridized carbons (Fsp3) is 0.588. The van der Waals surface area contributed by atoms with E-state index in [9.17, 15) is 4.79 Å². The minimum Gasteiger partial charge on any atom is -0.355 e. The smallest absolute Gasteiger partial charge is 0.223 e. The molecule has 2 fully saturated rings. The summed E-state index contributed by atoms with van der Waals surface area (Å²) in [7, 11) is 0. The van der Waals surface area contributed by atoms with Crippen LogP contribution in [0.1, 0.15) is 38.5 Å². The van der Waals surface area contributed by atoms with Crippen LogP contribution < -0.4 is 10.2 Å². The zero-order valence-corrected chi connectivity index (χ0v) is 14.2. The van der Waals surface area contributed by atoms with E-state index in [1.54, 1.807) is 11.0 Å². The molecule has 0 bridgehead atoms. The molecule has 1 amide bonds. The molecule has 2 aromatic rings. The quantitative estimate of drug-likeness (QED) is 0.902. The Balaban J connectivity index is 1.31. The predicted octanol–water partition coefficient (Wildman–Crippen LogP) is 1.33. The maximum atomic E-state index is 12.4. The number of hydrogen-bond acceptors (Lipinski definition) is 6. The minimum atomic E-state index is 0.124. The van der Waals surface area contributed by atoms with Gasteiger partial charge in [-0.3, -0.25) is 4.79 Å². The third-order valence-electron chi connectivity index (χ3n) is 5.18. The second kappa shape index (κ2) is 7.16. The van der Waals surface area contributed by atoms with E-state index in [-0.39, 0.29) is 11.8 Å². The number of nitrogens with zero attached hydrogens (tertiary/aromatic N) is 6. The van der Waals surface area contributed by atoms with Crippen molar-refractivity contribution in [3.05, 3.63) is 24.8 Å². The lowest BCUT2D eigenvalue weighted by Gasteiger charge is -2.32. The zero-order valence-electron chi connectivity index (χ0n) is 14.2. The molecule has 1 saturated heterocycles. The summed E-state index contributed by atoms with van der Waals surface area (Å²) in [6.45, 7) is 1.67. The molecular weight excluding hydrogens is 318 g/mol. The predicted molar refractivity (Wildman–Crippen MR) is 92.3 cm³/mol. The molecule has 0 spiro atoms. The van der Waals surface area contributed by atoms with Crippen molar-refractivity contribution in [3.63, 3.8) is 0 Å². The maximum Gasteiger partial charge on any atom is 0.223 e. The standard InChI is InChI=1S/C17H23N7O/c25-17(20-14-3-1-2-4-14)13-7-9-23(10-8-13)15-5-6-16(22-21-15)24-12-18-11-19-24/h5-6,11-14H,1-4,7-10H2,(H,20,25). The van der Waals surface area contributed by atoms with Gasteiger partial charge in [0.2, 0.25) is 5.91 Å². The Labute approximate surface area is 146 Å². The zero-order chi connectivity index (χ0) is 17.1. The van der Waals surface area contributed by atoms with Crippen LogP contribution in [0.25, 0.3) is 5.82 Å². The summed E-state index contributed by atoms with van der Waals surface area (Å²) < 4.78 is 1.58. The van der Waals surface area contributed by atoms with E-state index in [4.69, 9.17) is 0 Å². The molecule has 1 aliphatic carbocycles. The van der Waals surface area contributed by atoms with Crippen LogP contribution >= 0.6 is 0 Å². The van der Waals surface area contributed by atoms with Crippen LogP contribution in [-0.4, -0.2) is 50.0 Å². The Bertz CT molecular complexity index is 686. The van der Waals surface area contributed by atoms with Gasteiger partial charge in [0.05, 0.1) is 0 Å². The fourth-order valence-corrected chi connectivity index (χ4v) is 3.70. The molecule has 8 heteroatoms. The molecule has 0 atom stereocenters. The number of piperidine rings is 1. The first kappa shape index (κ1) is 16.0. The van der Waals surface area contributed by atoms with Gasteiger partial charge in [0.15, 0.2) is 11.6 Å². The monoisotopic (exact) mass is 341 g/mol. The number of amides is 1. The number of hydrogen-bond donors (Lipinski definition) is 1. The van der Waals surface area contributed by atoms with E-state index in [2.05, 4.69) is 30.5 Å². The Hall–Kier alpha value is -2.51. The van der Waals surface area contributed by atoms with E-state index < -0.39 is 0 Å². The molecule has 3 heterocycles. The Morgan fingerprint density at radius 3 is 2.40 bits per heavy atom. The molecule has 0 aromatic carbocycles.